The Labute approximate surface area is 136 Å². The van der Waals surface area contributed by atoms with Crippen LogP contribution >= 0.6 is 0 Å². The SMILES string of the molecule is COc1ccc(OC(C)C(=O)NC(C)(CC(=O)O)C(C)C)cc1. The van der Waals surface area contributed by atoms with E-state index in [0.29, 0.717) is 11.5 Å². The normalized spacial score (nSPS) is 14.7. The maximum absolute atomic E-state index is 12.3. The minimum absolute atomic E-state index is 0.0317. The maximum Gasteiger partial charge on any atom is 0.305 e. The molecule has 6 nitrogen and oxygen atoms in total. The molecule has 1 aromatic rings. The van der Waals surface area contributed by atoms with Crippen LogP contribution in [0.1, 0.15) is 34.1 Å². The highest BCUT2D eigenvalue weighted by atomic mass is 16.5. The second-order valence-electron chi connectivity index (χ2n) is 6.07. The maximum atomic E-state index is 12.3. The number of aliphatic carboxylic acids is 1. The molecule has 1 amide bonds. The van der Waals surface area contributed by atoms with Gasteiger partial charge in [-0.25, -0.2) is 0 Å². The number of hydrogen-bond acceptors (Lipinski definition) is 4. The summed E-state index contributed by atoms with van der Waals surface area (Å²) in [5.41, 5.74) is -0.833. The molecule has 0 aliphatic rings. The first-order chi connectivity index (χ1) is 10.7. The Kier molecular flexibility index (Phi) is 6.42. The molecule has 1 aromatic carbocycles. The fourth-order valence-electron chi connectivity index (χ4n) is 2.00. The van der Waals surface area contributed by atoms with Crippen molar-refractivity contribution in [1.29, 1.82) is 0 Å². The van der Waals surface area contributed by atoms with E-state index in [0.717, 1.165) is 0 Å². The van der Waals surface area contributed by atoms with E-state index in [4.69, 9.17) is 14.6 Å². The minimum Gasteiger partial charge on any atom is -0.497 e. The van der Waals surface area contributed by atoms with Crippen LogP contribution in [-0.4, -0.2) is 35.7 Å². The van der Waals surface area contributed by atoms with Gasteiger partial charge in [-0.05, 0) is 44.0 Å². The Morgan fingerprint density at radius 1 is 1.17 bits per heavy atom. The molecule has 0 heterocycles. The van der Waals surface area contributed by atoms with Crippen LogP contribution in [0.5, 0.6) is 11.5 Å². The lowest BCUT2D eigenvalue weighted by molar-refractivity contribution is -0.140. The molecule has 0 bridgehead atoms. The van der Waals surface area contributed by atoms with Crippen LogP contribution in [0.15, 0.2) is 24.3 Å². The van der Waals surface area contributed by atoms with E-state index in [1.54, 1.807) is 45.2 Å². The summed E-state index contributed by atoms with van der Waals surface area (Å²) in [5, 5.41) is 11.8. The van der Waals surface area contributed by atoms with Gasteiger partial charge in [0, 0.05) is 0 Å². The summed E-state index contributed by atoms with van der Waals surface area (Å²) < 4.78 is 10.7. The van der Waals surface area contributed by atoms with Crippen LogP contribution in [-0.2, 0) is 9.59 Å². The summed E-state index contributed by atoms with van der Waals surface area (Å²) in [6.07, 6.45) is -0.888. The molecule has 0 radical (unpaired) electrons. The molecule has 0 aromatic heterocycles. The fourth-order valence-corrected chi connectivity index (χ4v) is 2.00. The topological polar surface area (TPSA) is 84.9 Å². The number of methoxy groups -OCH3 is 1. The minimum atomic E-state index is -0.953. The molecule has 0 aliphatic heterocycles. The zero-order valence-corrected chi connectivity index (χ0v) is 14.3. The van der Waals surface area contributed by atoms with E-state index in [1.807, 2.05) is 13.8 Å². The van der Waals surface area contributed by atoms with E-state index in [2.05, 4.69) is 5.32 Å². The molecule has 2 unspecified atom stereocenters. The Morgan fingerprint density at radius 2 is 1.70 bits per heavy atom. The van der Waals surface area contributed by atoms with Crippen molar-refractivity contribution in [3.63, 3.8) is 0 Å². The van der Waals surface area contributed by atoms with Crippen LogP contribution in [0.4, 0.5) is 0 Å². The Bertz CT molecular complexity index is 540. The van der Waals surface area contributed by atoms with Gasteiger partial charge < -0.3 is 19.9 Å². The molecule has 2 N–H and O–H groups in total. The average Bonchev–Trinajstić information content (AvgIpc) is 2.46. The third-order valence-electron chi connectivity index (χ3n) is 3.94. The molecular formula is C17H25NO5. The van der Waals surface area contributed by atoms with Gasteiger partial charge in [0.15, 0.2) is 6.10 Å². The van der Waals surface area contributed by atoms with Crippen molar-refractivity contribution < 1.29 is 24.2 Å². The van der Waals surface area contributed by atoms with Crippen molar-refractivity contribution in [2.45, 2.75) is 45.8 Å². The monoisotopic (exact) mass is 323 g/mol. The molecule has 1 rings (SSSR count). The quantitative estimate of drug-likeness (QED) is 0.767. The van der Waals surface area contributed by atoms with Crippen LogP contribution in [0.2, 0.25) is 0 Å². The number of ether oxygens (including phenoxy) is 2. The van der Waals surface area contributed by atoms with Crippen molar-refractivity contribution >= 4 is 11.9 Å². The number of carbonyl (C=O) groups is 2. The molecular weight excluding hydrogens is 298 g/mol. The summed E-state index contributed by atoms with van der Waals surface area (Å²) in [5.74, 6) is -0.0968. The largest absolute Gasteiger partial charge is 0.497 e. The lowest BCUT2D eigenvalue weighted by Gasteiger charge is -2.34. The van der Waals surface area contributed by atoms with Gasteiger partial charge in [0.1, 0.15) is 11.5 Å². The van der Waals surface area contributed by atoms with E-state index < -0.39 is 17.6 Å². The molecule has 0 spiro atoms. The van der Waals surface area contributed by atoms with Gasteiger partial charge in [0.2, 0.25) is 0 Å². The second kappa shape index (κ2) is 7.85. The Morgan fingerprint density at radius 3 is 2.13 bits per heavy atom. The first kappa shape index (κ1) is 18.8. The van der Waals surface area contributed by atoms with Gasteiger partial charge in [0.05, 0.1) is 19.1 Å². The van der Waals surface area contributed by atoms with Gasteiger partial charge >= 0.3 is 5.97 Å². The molecule has 0 aliphatic carbocycles. The third-order valence-corrected chi connectivity index (χ3v) is 3.94. The predicted octanol–water partition coefficient (Wildman–Crippen LogP) is 2.47. The number of carboxylic acid groups (broad SMARTS) is 1. The van der Waals surface area contributed by atoms with E-state index >= 15 is 0 Å². The number of benzene rings is 1. The first-order valence-corrected chi connectivity index (χ1v) is 7.52. The fraction of sp³-hybridized carbons (Fsp3) is 0.529. The summed E-state index contributed by atoms with van der Waals surface area (Å²) in [6.45, 7) is 7.10. The predicted molar refractivity (Wildman–Crippen MR) is 86.7 cm³/mol. The molecule has 0 saturated heterocycles. The lowest BCUT2D eigenvalue weighted by Crippen LogP contribution is -2.54. The number of hydrogen-bond donors (Lipinski definition) is 2. The number of carboxylic acids is 1. The van der Waals surface area contributed by atoms with Crippen molar-refractivity contribution in [3.05, 3.63) is 24.3 Å². The molecule has 6 heteroatoms. The third kappa shape index (κ3) is 5.47. The molecule has 0 saturated carbocycles. The number of nitrogens with one attached hydrogen (secondary N) is 1. The first-order valence-electron chi connectivity index (χ1n) is 7.52. The summed E-state index contributed by atoms with van der Waals surface area (Å²) in [6, 6.07) is 6.90. The lowest BCUT2D eigenvalue weighted by atomic mass is 9.85. The standard InChI is InChI=1S/C17H25NO5/c1-11(2)17(4,10-15(19)20)18-16(21)12(3)23-14-8-6-13(22-5)7-9-14/h6-9,11-12H,10H2,1-5H3,(H,18,21)(H,19,20). The number of amides is 1. The van der Waals surface area contributed by atoms with E-state index in [1.165, 1.54) is 0 Å². The zero-order chi connectivity index (χ0) is 17.6. The van der Waals surface area contributed by atoms with Crippen molar-refractivity contribution in [3.8, 4) is 11.5 Å². The van der Waals surface area contributed by atoms with Crippen LogP contribution in [0, 0.1) is 5.92 Å². The Hall–Kier alpha value is -2.24. The van der Waals surface area contributed by atoms with Crippen molar-refractivity contribution in [1.82, 2.24) is 5.32 Å². The molecule has 23 heavy (non-hydrogen) atoms. The van der Waals surface area contributed by atoms with Gasteiger partial charge in [-0.3, -0.25) is 9.59 Å². The van der Waals surface area contributed by atoms with Crippen LogP contribution in [0.25, 0.3) is 0 Å². The van der Waals surface area contributed by atoms with Crippen LogP contribution < -0.4 is 14.8 Å². The molecule has 128 valence electrons. The highest BCUT2D eigenvalue weighted by molar-refractivity contribution is 5.82. The van der Waals surface area contributed by atoms with Crippen molar-refractivity contribution in [2.75, 3.05) is 7.11 Å². The van der Waals surface area contributed by atoms with Gasteiger partial charge in [0.25, 0.3) is 5.91 Å². The van der Waals surface area contributed by atoms with Gasteiger partial charge in [-0.2, -0.15) is 0 Å². The van der Waals surface area contributed by atoms with E-state index in [-0.39, 0.29) is 18.2 Å². The summed E-state index contributed by atoms with van der Waals surface area (Å²) in [4.78, 5) is 23.3. The summed E-state index contributed by atoms with van der Waals surface area (Å²) in [7, 11) is 1.57. The number of carbonyl (C=O) groups excluding carboxylic acids is 1. The van der Waals surface area contributed by atoms with Gasteiger partial charge in [-0.15, -0.1) is 0 Å². The molecule has 2 atom stereocenters. The van der Waals surface area contributed by atoms with Gasteiger partial charge in [-0.1, -0.05) is 13.8 Å². The highest BCUT2D eigenvalue weighted by Crippen LogP contribution is 2.22. The van der Waals surface area contributed by atoms with E-state index in [9.17, 15) is 9.59 Å². The molecule has 0 fully saturated rings. The second-order valence-corrected chi connectivity index (χ2v) is 6.07. The Balaban J connectivity index is 2.72. The summed E-state index contributed by atoms with van der Waals surface area (Å²) >= 11 is 0. The van der Waals surface area contributed by atoms with Crippen molar-refractivity contribution in [2.24, 2.45) is 5.92 Å². The van der Waals surface area contributed by atoms with Crippen LogP contribution in [0.3, 0.4) is 0 Å². The zero-order valence-electron chi connectivity index (χ0n) is 14.3. The smallest absolute Gasteiger partial charge is 0.305 e. The number of rotatable bonds is 8. The average molecular weight is 323 g/mol. The highest BCUT2D eigenvalue weighted by Gasteiger charge is 2.34.